The van der Waals surface area contributed by atoms with Gasteiger partial charge in [0.15, 0.2) is 0 Å². The van der Waals surface area contributed by atoms with E-state index in [2.05, 4.69) is 0 Å². The van der Waals surface area contributed by atoms with Gasteiger partial charge in [0.2, 0.25) is 0 Å². The maximum absolute atomic E-state index is 11.6. The number of likely N-dealkylation sites (N-methyl/N-ethyl adjacent to an activating group) is 1. The molecule has 100 valence electrons. The van der Waals surface area contributed by atoms with Crippen LogP contribution in [-0.2, 0) is 11.2 Å². The number of hydrogen-bond acceptors (Lipinski definition) is 4. The predicted octanol–water partition coefficient (Wildman–Crippen LogP) is 0.514. The van der Waals surface area contributed by atoms with E-state index in [0.717, 1.165) is 27.4 Å². The molecule has 0 spiro atoms. The summed E-state index contributed by atoms with van der Waals surface area (Å²) in [6, 6.07) is 3.21. The highest BCUT2D eigenvalue weighted by atomic mass is 16.5. The van der Waals surface area contributed by atoms with E-state index in [4.69, 9.17) is 16.3 Å². The van der Waals surface area contributed by atoms with Gasteiger partial charge in [0.05, 0.1) is 13.2 Å². The molecule has 5 nitrogen and oxygen atoms in total. The third-order valence-corrected chi connectivity index (χ3v) is 3.17. The average molecular weight is 251 g/mol. The number of rotatable bonds is 4. The van der Waals surface area contributed by atoms with Gasteiger partial charge in [-0.05, 0) is 43.0 Å². The number of hydrogen-bond donors (Lipinski definition) is 2. The Kier molecular flexibility index (Phi) is 4.69. The van der Waals surface area contributed by atoms with Gasteiger partial charge in [-0.3, -0.25) is 9.80 Å². The van der Waals surface area contributed by atoms with E-state index in [0.29, 0.717) is 6.42 Å². The van der Waals surface area contributed by atoms with E-state index in [1.807, 2.05) is 26.0 Å². The van der Waals surface area contributed by atoms with Crippen LogP contribution in [0.2, 0.25) is 0 Å². The van der Waals surface area contributed by atoms with Crippen LogP contribution >= 0.6 is 0 Å². The molecule has 0 radical (unpaired) electrons. The Morgan fingerprint density at radius 2 is 2.00 bits per heavy atom. The molecule has 18 heavy (non-hydrogen) atoms. The average Bonchev–Trinajstić information content (AvgIpc) is 2.34. The molecule has 0 bridgehead atoms. The van der Waals surface area contributed by atoms with Crippen molar-refractivity contribution in [2.75, 3.05) is 14.2 Å². The lowest BCUT2D eigenvalue weighted by molar-refractivity contribution is -0.131. The lowest BCUT2D eigenvalue weighted by Gasteiger charge is -2.18. The van der Waals surface area contributed by atoms with Gasteiger partial charge in [-0.2, -0.15) is 0 Å². The Bertz CT molecular complexity index is 444. The van der Waals surface area contributed by atoms with Crippen LogP contribution in [0.25, 0.3) is 0 Å². The summed E-state index contributed by atoms with van der Waals surface area (Å²) >= 11 is 0. The van der Waals surface area contributed by atoms with Crippen LogP contribution in [0.5, 0.6) is 5.75 Å². The molecule has 0 heterocycles. The molecule has 0 aliphatic heterocycles. The van der Waals surface area contributed by atoms with Gasteiger partial charge in [0.1, 0.15) is 5.75 Å². The van der Waals surface area contributed by atoms with Crippen molar-refractivity contribution in [2.45, 2.75) is 26.3 Å². The predicted molar refractivity (Wildman–Crippen MR) is 71.1 cm³/mol. The van der Waals surface area contributed by atoms with E-state index in [9.17, 15) is 4.79 Å². The number of nitrogens with zero attached hydrogens (tertiary/aromatic N) is 1. The fraction of sp³-hybridized carbons (Fsp3) is 0.462. The van der Waals surface area contributed by atoms with Crippen molar-refractivity contribution in [1.82, 2.24) is 5.01 Å². The Labute approximate surface area is 108 Å². The zero-order valence-corrected chi connectivity index (χ0v) is 11.4. The smallest absolute Gasteiger partial charge is 0.253 e. The lowest BCUT2D eigenvalue weighted by atomic mass is 9.97. The third kappa shape index (κ3) is 3.00. The summed E-state index contributed by atoms with van der Waals surface area (Å²) in [5, 5.41) is 1.02. The monoisotopic (exact) mass is 251 g/mol. The first-order valence-electron chi connectivity index (χ1n) is 5.79. The van der Waals surface area contributed by atoms with Crippen LogP contribution in [0.4, 0.5) is 0 Å². The number of nitrogens with two attached hydrogens (primary N) is 2. The van der Waals surface area contributed by atoms with Gasteiger partial charge in [-0.1, -0.05) is 6.07 Å². The maximum atomic E-state index is 11.6. The molecular weight excluding hydrogens is 230 g/mol. The highest BCUT2D eigenvalue weighted by molar-refractivity contribution is 5.81. The molecule has 1 aromatic rings. The lowest BCUT2D eigenvalue weighted by Crippen LogP contribution is -2.46. The first-order chi connectivity index (χ1) is 8.38. The van der Waals surface area contributed by atoms with Crippen LogP contribution in [0.3, 0.4) is 0 Å². The van der Waals surface area contributed by atoms with Gasteiger partial charge in [0.25, 0.3) is 5.91 Å². The summed E-state index contributed by atoms with van der Waals surface area (Å²) in [4.78, 5) is 11.6. The standard InChI is InChI=1S/C13H21N3O2/c1-8-9(2)12(18-4)6-5-10(8)7-11(14)13(17)16(3)15/h5-6,11H,7,14-15H2,1-4H3. The number of benzene rings is 1. The first-order valence-corrected chi connectivity index (χ1v) is 5.79. The molecule has 0 saturated carbocycles. The number of methoxy groups -OCH3 is 1. The van der Waals surface area contributed by atoms with Crippen molar-refractivity contribution in [1.29, 1.82) is 0 Å². The second kappa shape index (κ2) is 5.84. The maximum Gasteiger partial charge on any atom is 0.253 e. The summed E-state index contributed by atoms with van der Waals surface area (Å²) in [5.41, 5.74) is 9.04. The van der Waals surface area contributed by atoms with Gasteiger partial charge in [0, 0.05) is 7.05 Å². The SMILES string of the molecule is COc1ccc(CC(N)C(=O)N(C)N)c(C)c1C. The van der Waals surface area contributed by atoms with Crippen molar-refractivity contribution in [3.63, 3.8) is 0 Å². The zero-order chi connectivity index (χ0) is 13.9. The second-order valence-electron chi connectivity index (χ2n) is 4.44. The quantitative estimate of drug-likeness (QED) is 0.464. The van der Waals surface area contributed by atoms with E-state index >= 15 is 0 Å². The number of carbonyl (C=O) groups excluding carboxylic acids is 1. The van der Waals surface area contributed by atoms with E-state index in [-0.39, 0.29) is 5.91 Å². The zero-order valence-electron chi connectivity index (χ0n) is 11.4. The van der Waals surface area contributed by atoms with E-state index < -0.39 is 6.04 Å². The molecule has 0 aliphatic rings. The Balaban J connectivity index is 2.92. The summed E-state index contributed by atoms with van der Waals surface area (Å²) in [6.07, 6.45) is 0.469. The molecule has 1 atom stereocenters. The molecule has 1 unspecified atom stereocenters. The molecule has 5 heteroatoms. The fourth-order valence-corrected chi connectivity index (χ4v) is 1.88. The molecular formula is C13H21N3O2. The van der Waals surface area contributed by atoms with Crippen LogP contribution < -0.4 is 16.3 Å². The summed E-state index contributed by atoms with van der Waals surface area (Å²) < 4.78 is 5.25. The molecule has 0 aliphatic carbocycles. The third-order valence-electron chi connectivity index (χ3n) is 3.17. The summed E-state index contributed by atoms with van der Waals surface area (Å²) in [5.74, 6) is 5.95. The van der Waals surface area contributed by atoms with Crippen molar-refractivity contribution >= 4 is 5.91 Å². The molecule has 1 aromatic carbocycles. The Morgan fingerprint density at radius 3 is 2.50 bits per heavy atom. The Morgan fingerprint density at radius 1 is 1.39 bits per heavy atom. The molecule has 4 N–H and O–H groups in total. The number of amides is 1. The van der Waals surface area contributed by atoms with E-state index in [1.165, 1.54) is 7.05 Å². The molecule has 0 aromatic heterocycles. The largest absolute Gasteiger partial charge is 0.496 e. The number of ether oxygens (including phenoxy) is 1. The fourth-order valence-electron chi connectivity index (χ4n) is 1.88. The van der Waals surface area contributed by atoms with Crippen LogP contribution in [0.1, 0.15) is 16.7 Å². The van der Waals surface area contributed by atoms with Gasteiger partial charge < -0.3 is 10.5 Å². The molecule has 0 saturated heterocycles. The highest BCUT2D eigenvalue weighted by Crippen LogP contribution is 2.24. The highest BCUT2D eigenvalue weighted by Gasteiger charge is 2.18. The number of hydrazine groups is 1. The molecule has 0 fully saturated rings. The Hall–Kier alpha value is -1.59. The van der Waals surface area contributed by atoms with Gasteiger partial charge in [-0.15, -0.1) is 0 Å². The molecule has 1 rings (SSSR count). The van der Waals surface area contributed by atoms with Crippen molar-refractivity contribution in [3.05, 3.63) is 28.8 Å². The van der Waals surface area contributed by atoms with E-state index in [1.54, 1.807) is 7.11 Å². The normalized spacial score (nSPS) is 12.1. The van der Waals surface area contributed by atoms with Gasteiger partial charge in [-0.25, -0.2) is 5.84 Å². The van der Waals surface area contributed by atoms with Crippen molar-refractivity contribution < 1.29 is 9.53 Å². The van der Waals surface area contributed by atoms with Gasteiger partial charge >= 0.3 is 0 Å². The van der Waals surface area contributed by atoms with Crippen LogP contribution in [0.15, 0.2) is 12.1 Å². The molecule has 1 amide bonds. The van der Waals surface area contributed by atoms with Crippen molar-refractivity contribution in [3.8, 4) is 5.75 Å². The number of carbonyl (C=O) groups is 1. The van der Waals surface area contributed by atoms with Crippen LogP contribution in [-0.4, -0.2) is 31.1 Å². The topological polar surface area (TPSA) is 81.6 Å². The summed E-state index contributed by atoms with van der Waals surface area (Å²) in [7, 11) is 3.13. The summed E-state index contributed by atoms with van der Waals surface area (Å²) in [6.45, 7) is 3.98. The van der Waals surface area contributed by atoms with Crippen LogP contribution in [0, 0.1) is 13.8 Å². The first kappa shape index (κ1) is 14.5. The minimum atomic E-state index is -0.619. The van der Waals surface area contributed by atoms with Crippen molar-refractivity contribution in [2.24, 2.45) is 11.6 Å². The minimum Gasteiger partial charge on any atom is -0.496 e. The minimum absolute atomic E-state index is 0.275. The second-order valence-corrected chi connectivity index (χ2v) is 4.44.